The summed E-state index contributed by atoms with van der Waals surface area (Å²) in [6.45, 7) is 3.14. The number of aryl methyl sites for hydroxylation is 1. The van der Waals surface area contributed by atoms with Crippen molar-refractivity contribution in [3.8, 4) is 0 Å². The van der Waals surface area contributed by atoms with E-state index in [9.17, 15) is 9.59 Å². The summed E-state index contributed by atoms with van der Waals surface area (Å²) in [4.78, 5) is 44.0. The van der Waals surface area contributed by atoms with Crippen LogP contribution in [-0.4, -0.2) is 75.1 Å². The van der Waals surface area contributed by atoms with Crippen molar-refractivity contribution in [1.82, 2.24) is 24.4 Å². The van der Waals surface area contributed by atoms with Crippen LogP contribution < -0.4 is 10.2 Å². The summed E-state index contributed by atoms with van der Waals surface area (Å²) in [5.74, 6) is 2.05. The zero-order valence-electron chi connectivity index (χ0n) is 20.5. The molecule has 3 fully saturated rings. The zero-order valence-corrected chi connectivity index (χ0v) is 20.5. The highest BCUT2D eigenvalue weighted by atomic mass is 16.5. The van der Waals surface area contributed by atoms with Crippen molar-refractivity contribution >= 4 is 34.4 Å². The Morgan fingerprint density at radius 1 is 1.06 bits per heavy atom. The predicted molar refractivity (Wildman–Crippen MR) is 135 cm³/mol. The van der Waals surface area contributed by atoms with E-state index in [0.717, 1.165) is 41.9 Å². The molecule has 2 saturated heterocycles. The average molecular weight is 490 g/mol. The number of ether oxygens (including phenoxy) is 1. The summed E-state index contributed by atoms with van der Waals surface area (Å²) in [6.07, 6.45) is 9.67. The molecule has 188 valence electrons. The molecule has 2 amide bonds. The first-order valence-corrected chi connectivity index (χ1v) is 12.8. The van der Waals surface area contributed by atoms with E-state index in [4.69, 9.17) is 9.72 Å². The van der Waals surface area contributed by atoms with Gasteiger partial charge in [-0.05, 0) is 37.8 Å². The Bertz CT molecular complexity index is 1270. The molecule has 0 radical (unpaired) electrons. The summed E-state index contributed by atoms with van der Waals surface area (Å²) in [5.41, 5.74) is 2.75. The van der Waals surface area contributed by atoms with Crippen LogP contribution in [-0.2, 0) is 16.6 Å². The van der Waals surface area contributed by atoms with Gasteiger partial charge in [-0.1, -0.05) is 6.42 Å². The first-order chi connectivity index (χ1) is 17.6. The summed E-state index contributed by atoms with van der Waals surface area (Å²) in [6, 6.07) is 3.68. The van der Waals surface area contributed by atoms with Crippen molar-refractivity contribution in [1.29, 1.82) is 0 Å². The van der Waals surface area contributed by atoms with E-state index < -0.39 is 6.10 Å². The van der Waals surface area contributed by atoms with Crippen molar-refractivity contribution < 1.29 is 14.3 Å². The van der Waals surface area contributed by atoms with Crippen LogP contribution in [0.2, 0.25) is 0 Å². The van der Waals surface area contributed by atoms with Crippen molar-refractivity contribution in [2.75, 3.05) is 43.0 Å². The van der Waals surface area contributed by atoms with Gasteiger partial charge < -0.3 is 24.4 Å². The Morgan fingerprint density at radius 3 is 2.56 bits per heavy atom. The lowest BCUT2D eigenvalue weighted by Crippen LogP contribution is -2.49. The third kappa shape index (κ3) is 4.19. The molecule has 1 aliphatic carbocycles. The molecule has 6 rings (SSSR count). The van der Waals surface area contributed by atoms with Gasteiger partial charge in [-0.15, -0.1) is 0 Å². The number of anilines is 2. The third-order valence-corrected chi connectivity index (χ3v) is 7.64. The van der Waals surface area contributed by atoms with Crippen LogP contribution in [0.15, 0.2) is 30.7 Å². The molecular formula is C26H31N7O3. The van der Waals surface area contributed by atoms with Crippen LogP contribution >= 0.6 is 0 Å². The molecule has 10 heteroatoms. The van der Waals surface area contributed by atoms with Gasteiger partial charge in [-0.2, -0.15) is 0 Å². The Hall–Kier alpha value is -3.53. The van der Waals surface area contributed by atoms with Gasteiger partial charge in [0.25, 0.3) is 11.8 Å². The van der Waals surface area contributed by atoms with Gasteiger partial charge >= 0.3 is 0 Å². The zero-order chi connectivity index (χ0) is 24.6. The van der Waals surface area contributed by atoms with Gasteiger partial charge in [-0.3, -0.25) is 14.6 Å². The minimum Gasteiger partial charge on any atom is -0.368 e. The topological polar surface area (TPSA) is 105 Å². The van der Waals surface area contributed by atoms with Crippen LogP contribution in [0.5, 0.6) is 0 Å². The van der Waals surface area contributed by atoms with E-state index in [1.165, 1.54) is 6.42 Å². The second-order valence-electron chi connectivity index (χ2n) is 9.88. The van der Waals surface area contributed by atoms with E-state index in [-0.39, 0.29) is 11.8 Å². The highest BCUT2D eigenvalue weighted by Crippen LogP contribution is 2.38. The SMILES string of the molecule is Cn1c(C2CCC2)nc2cc(C(=O)N3CCN(c4cnccn4)CC3)cc(NC(=O)[C@H]3CCCO3)c21. The van der Waals surface area contributed by atoms with Crippen LogP contribution in [0.4, 0.5) is 11.5 Å². The second kappa shape index (κ2) is 9.50. The van der Waals surface area contributed by atoms with Crippen molar-refractivity contribution in [3.05, 3.63) is 42.1 Å². The number of hydrogen-bond acceptors (Lipinski definition) is 7. The molecule has 1 saturated carbocycles. The molecular weight excluding hydrogens is 458 g/mol. The number of carbonyl (C=O) groups is 2. The van der Waals surface area contributed by atoms with Crippen LogP contribution in [0.25, 0.3) is 11.0 Å². The Balaban J connectivity index is 1.28. The van der Waals surface area contributed by atoms with Crippen LogP contribution in [0.3, 0.4) is 0 Å². The Morgan fingerprint density at radius 2 is 1.89 bits per heavy atom. The van der Waals surface area contributed by atoms with Crippen molar-refractivity contribution in [2.45, 2.75) is 44.1 Å². The number of imidazole rings is 1. The van der Waals surface area contributed by atoms with E-state index in [1.54, 1.807) is 24.7 Å². The van der Waals surface area contributed by atoms with Gasteiger partial charge in [0.05, 0.1) is 22.9 Å². The van der Waals surface area contributed by atoms with E-state index in [2.05, 4.69) is 24.8 Å². The number of nitrogens with zero attached hydrogens (tertiary/aromatic N) is 6. The summed E-state index contributed by atoms with van der Waals surface area (Å²) >= 11 is 0. The fourth-order valence-electron chi connectivity index (χ4n) is 5.39. The monoisotopic (exact) mass is 489 g/mol. The largest absolute Gasteiger partial charge is 0.368 e. The average Bonchev–Trinajstić information content (AvgIpc) is 3.52. The normalized spacial score (nSPS) is 20.5. The quantitative estimate of drug-likeness (QED) is 0.587. The highest BCUT2D eigenvalue weighted by Gasteiger charge is 2.30. The molecule has 1 aromatic carbocycles. The van der Waals surface area contributed by atoms with Crippen LogP contribution in [0.1, 0.15) is 54.2 Å². The fourth-order valence-corrected chi connectivity index (χ4v) is 5.39. The molecule has 3 aliphatic rings. The maximum Gasteiger partial charge on any atom is 0.254 e. The van der Waals surface area contributed by atoms with Crippen molar-refractivity contribution in [2.24, 2.45) is 7.05 Å². The molecule has 1 N–H and O–H groups in total. The van der Waals surface area contributed by atoms with E-state index >= 15 is 0 Å². The minimum absolute atomic E-state index is 0.0563. The molecule has 36 heavy (non-hydrogen) atoms. The molecule has 0 spiro atoms. The lowest BCUT2D eigenvalue weighted by atomic mass is 9.85. The van der Waals surface area contributed by atoms with Gasteiger partial charge in [0, 0.05) is 63.7 Å². The maximum atomic E-state index is 13.6. The third-order valence-electron chi connectivity index (χ3n) is 7.64. The highest BCUT2D eigenvalue weighted by molar-refractivity contribution is 6.06. The van der Waals surface area contributed by atoms with Gasteiger partial charge in [-0.25, -0.2) is 9.97 Å². The van der Waals surface area contributed by atoms with Gasteiger partial charge in [0.15, 0.2) is 0 Å². The number of piperazine rings is 1. The first kappa shape index (κ1) is 22.9. The molecule has 0 bridgehead atoms. The lowest BCUT2D eigenvalue weighted by Gasteiger charge is -2.35. The second-order valence-corrected chi connectivity index (χ2v) is 9.88. The number of rotatable bonds is 5. The number of amides is 2. The summed E-state index contributed by atoms with van der Waals surface area (Å²) < 4.78 is 7.68. The molecule has 10 nitrogen and oxygen atoms in total. The number of benzene rings is 1. The number of fused-ring (bicyclic) bond motifs is 1. The number of nitrogens with one attached hydrogen (secondary N) is 1. The molecule has 3 aromatic rings. The number of hydrogen-bond donors (Lipinski definition) is 1. The smallest absolute Gasteiger partial charge is 0.254 e. The standard InChI is InChI=1S/C26H31N7O3/c1-31-23-19(29-24(31)17-4-2-5-17)14-18(15-20(23)30-25(34)21-6-3-13-36-21)26(35)33-11-9-32(10-12-33)22-16-27-7-8-28-22/h7-8,14-17,21H,2-6,9-13H2,1H3,(H,30,34)/t21-/m1/s1. The number of carbonyl (C=O) groups excluding carboxylic acids is 2. The molecule has 2 aliphatic heterocycles. The molecule has 2 aromatic heterocycles. The number of aromatic nitrogens is 4. The van der Waals surface area contributed by atoms with E-state index in [0.29, 0.717) is 56.4 Å². The maximum absolute atomic E-state index is 13.6. The van der Waals surface area contributed by atoms with Crippen molar-refractivity contribution in [3.63, 3.8) is 0 Å². The first-order valence-electron chi connectivity index (χ1n) is 12.8. The summed E-state index contributed by atoms with van der Waals surface area (Å²) in [5, 5.41) is 3.06. The Kier molecular flexibility index (Phi) is 6.04. The van der Waals surface area contributed by atoms with Gasteiger partial charge in [0.1, 0.15) is 17.7 Å². The molecule has 0 unspecified atom stereocenters. The minimum atomic E-state index is -0.451. The van der Waals surface area contributed by atoms with E-state index in [1.807, 2.05) is 18.0 Å². The van der Waals surface area contributed by atoms with Gasteiger partial charge in [0.2, 0.25) is 0 Å². The lowest BCUT2D eigenvalue weighted by molar-refractivity contribution is -0.124. The molecule has 4 heterocycles. The Labute approximate surface area is 209 Å². The molecule has 1 atom stereocenters. The van der Waals surface area contributed by atoms with Crippen LogP contribution in [0, 0.1) is 0 Å². The fraction of sp³-hybridized carbons (Fsp3) is 0.500. The summed E-state index contributed by atoms with van der Waals surface area (Å²) in [7, 11) is 2.00. The predicted octanol–water partition coefficient (Wildman–Crippen LogP) is 2.71.